The summed E-state index contributed by atoms with van der Waals surface area (Å²) in [7, 11) is 0. The van der Waals surface area contributed by atoms with E-state index in [0.29, 0.717) is 12.2 Å². The van der Waals surface area contributed by atoms with E-state index in [1.54, 1.807) is 17.2 Å². The average Bonchev–Trinajstić information content (AvgIpc) is 3.11. The number of amides is 1. The van der Waals surface area contributed by atoms with Crippen LogP contribution in [-0.2, 0) is 17.9 Å². The van der Waals surface area contributed by atoms with Gasteiger partial charge in [0.15, 0.2) is 5.65 Å². The van der Waals surface area contributed by atoms with Crippen molar-refractivity contribution in [2.45, 2.75) is 32.4 Å². The SMILES string of the molecule is O=C(Cn1ncc2c(N3CCCCC3)ncnc21)NCc1ccccc1Br. The molecule has 1 saturated heterocycles. The molecule has 140 valence electrons. The lowest BCUT2D eigenvalue weighted by Gasteiger charge is -2.27. The Morgan fingerprint density at radius 2 is 1.96 bits per heavy atom. The molecule has 1 aliphatic heterocycles. The summed E-state index contributed by atoms with van der Waals surface area (Å²) in [6.45, 7) is 2.60. The molecule has 7 nitrogen and oxygen atoms in total. The fraction of sp³-hybridized carbons (Fsp3) is 0.368. The maximum Gasteiger partial charge on any atom is 0.242 e. The maximum atomic E-state index is 12.4. The van der Waals surface area contributed by atoms with Crippen LogP contribution >= 0.6 is 15.9 Å². The zero-order chi connectivity index (χ0) is 18.6. The third kappa shape index (κ3) is 3.95. The summed E-state index contributed by atoms with van der Waals surface area (Å²) in [5, 5.41) is 8.22. The van der Waals surface area contributed by atoms with E-state index in [1.165, 1.54) is 19.3 Å². The molecule has 0 unspecified atom stereocenters. The number of hydrogen-bond acceptors (Lipinski definition) is 5. The van der Waals surface area contributed by atoms with E-state index in [9.17, 15) is 4.79 Å². The summed E-state index contributed by atoms with van der Waals surface area (Å²) in [6, 6.07) is 7.84. The minimum absolute atomic E-state index is 0.103. The Balaban J connectivity index is 1.47. The van der Waals surface area contributed by atoms with Crippen LogP contribution in [0, 0.1) is 0 Å². The van der Waals surface area contributed by atoms with Gasteiger partial charge in [0, 0.05) is 24.1 Å². The first-order valence-electron chi connectivity index (χ1n) is 9.14. The predicted molar refractivity (Wildman–Crippen MR) is 107 cm³/mol. The molecule has 0 bridgehead atoms. The number of aromatic nitrogens is 4. The molecule has 1 N–H and O–H groups in total. The van der Waals surface area contributed by atoms with Crippen LogP contribution in [0.2, 0.25) is 0 Å². The van der Waals surface area contributed by atoms with Crippen LogP contribution in [-0.4, -0.2) is 38.7 Å². The van der Waals surface area contributed by atoms with Crippen molar-refractivity contribution in [2.24, 2.45) is 0 Å². The van der Waals surface area contributed by atoms with Gasteiger partial charge in [-0.05, 0) is 30.9 Å². The largest absolute Gasteiger partial charge is 0.356 e. The van der Waals surface area contributed by atoms with Crippen molar-refractivity contribution in [3.63, 3.8) is 0 Å². The van der Waals surface area contributed by atoms with Crippen LogP contribution in [0.3, 0.4) is 0 Å². The molecule has 3 aromatic rings. The molecule has 2 aromatic heterocycles. The number of halogens is 1. The Hall–Kier alpha value is -2.48. The molecular formula is C19H21BrN6O. The predicted octanol–water partition coefficient (Wildman–Crippen LogP) is 2.90. The van der Waals surface area contributed by atoms with Gasteiger partial charge in [0.05, 0.1) is 11.6 Å². The summed E-state index contributed by atoms with van der Waals surface area (Å²) in [5.41, 5.74) is 1.73. The number of anilines is 1. The molecule has 0 aliphatic carbocycles. The van der Waals surface area contributed by atoms with Crippen molar-refractivity contribution in [2.75, 3.05) is 18.0 Å². The fourth-order valence-electron chi connectivity index (χ4n) is 3.38. The lowest BCUT2D eigenvalue weighted by atomic mass is 10.1. The number of nitrogens with zero attached hydrogens (tertiary/aromatic N) is 5. The highest BCUT2D eigenvalue weighted by atomic mass is 79.9. The number of benzene rings is 1. The first kappa shape index (κ1) is 17.9. The molecule has 1 aromatic carbocycles. The number of carbonyl (C=O) groups excluding carboxylic acids is 1. The average molecular weight is 429 g/mol. The summed E-state index contributed by atoms with van der Waals surface area (Å²) in [5.74, 6) is 0.813. The monoisotopic (exact) mass is 428 g/mol. The second-order valence-electron chi connectivity index (χ2n) is 6.65. The van der Waals surface area contributed by atoms with Gasteiger partial charge in [-0.25, -0.2) is 14.6 Å². The number of carbonyl (C=O) groups is 1. The van der Waals surface area contributed by atoms with Crippen molar-refractivity contribution in [3.05, 3.63) is 46.8 Å². The zero-order valence-electron chi connectivity index (χ0n) is 14.9. The molecule has 4 rings (SSSR count). The van der Waals surface area contributed by atoms with Crippen LogP contribution in [0.25, 0.3) is 11.0 Å². The van der Waals surface area contributed by atoms with Gasteiger partial charge in [0.1, 0.15) is 18.7 Å². The highest BCUT2D eigenvalue weighted by Crippen LogP contribution is 2.25. The molecule has 1 fully saturated rings. The van der Waals surface area contributed by atoms with Crippen molar-refractivity contribution in [1.82, 2.24) is 25.1 Å². The molecule has 8 heteroatoms. The van der Waals surface area contributed by atoms with Crippen molar-refractivity contribution < 1.29 is 4.79 Å². The fourth-order valence-corrected chi connectivity index (χ4v) is 3.81. The van der Waals surface area contributed by atoms with E-state index in [4.69, 9.17) is 0 Å². The first-order chi connectivity index (χ1) is 13.2. The van der Waals surface area contributed by atoms with E-state index >= 15 is 0 Å². The van der Waals surface area contributed by atoms with E-state index in [2.05, 4.69) is 41.2 Å². The van der Waals surface area contributed by atoms with Crippen LogP contribution in [0.4, 0.5) is 5.82 Å². The summed E-state index contributed by atoms with van der Waals surface area (Å²) in [6.07, 6.45) is 6.94. The van der Waals surface area contributed by atoms with Crippen LogP contribution in [0.5, 0.6) is 0 Å². The number of fused-ring (bicyclic) bond motifs is 1. The Labute approximate surface area is 165 Å². The normalized spacial score (nSPS) is 14.5. The van der Waals surface area contributed by atoms with Crippen molar-refractivity contribution in [3.8, 4) is 0 Å². The highest BCUT2D eigenvalue weighted by molar-refractivity contribution is 9.10. The summed E-state index contributed by atoms with van der Waals surface area (Å²) < 4.78 is 2.62. The number of nitrogens with one attached hydrogen (secondary N) is 1. The lowest BCUT2D eigenvalue weighted by Crippen LogP contribution is -2.30. The lowest BCUT2D eigenvalue weighted by molar-refractivity contribution is -0.121. The standard InChI is InChI=1S/C19H21BrN6O/c20-16-7-3-2-6-14(16)10-21-17(27)12-26-19-15(11-24-26)18(22-13-23-19)25-8-4-1-5-9-25/h2-3,6-7,11,13H,1,4-5,8-10,12H2,(H,21,27). The molecule has 1 aliphatic rings. The first-order valence-corrected chi connectivity index (χ1v) is 9.93. The Morgan fingerprint density at radius 1 is 1.15 bits per heavy atom. The van der Waals surface area contributed by atoms with E-state index in [-0.39, 0.29) is 12.5 Å². The second-order valence-corrected chi connectivity index (χ2v) is 7.51. The molecule has 0 atom stereocenters. The minimum atomic E-state index is -0.103. The maximum absolute atomic E-state index is 12.4. The number of hydrogen-bond donors (Lipinski definition) is 1. The van der Waals surface area contributed by atoms with Gasteiger partial charge in [-0.2, -0.15) is 5.10 Å². The van der Waals surface area contributed by atoms with Gasteiger partial charge in [-0.1, -0.05) is 34.1 Å². The van der Waals surface area contributed by atoms with E-state index < -0.39 is 0 Å². The van der Waals surface area contributed by atoms with Gasteiger partial charge in [0.25, 0.3) is 0 Å². The Kier molecular flexibility index (Phi) is 5.33. The molecular weight excluding hydrogens is 408 g/mol. The van der Waals surface area contributed by atoms with Crippen molar-refractivity contribution in [1.29, 1.82) is 0 Å². The molecule has 0 radical (unpaired) electrons. The second kappa shape index (κ2) is 8.04. The summed E-state index contributed by atoms with van der Waals surface area (Å²) >= 11 is 3.49. The zero-order valence-corrected chi connectivity index (χ0v) is 16.5. The minimum Gasteiger partial charge on any atom is -0.356 e. The molecule has 3 heterocycles. The van der Waals surface area contributed by atoms with E-state index in [0.717, 1.165) is 34.3 Å². The van der Waals surface area contributed by atoms with Crippen LogP contribution in [0.15, 0.2) is 41.3 Å². The third-order valence-electron chi connectivity index (χ3n) is 4.80. The molecule has 1 amide bonds. The topological polar surface area (TPSA) is 75.9 Å². The van der Waals surface area contributed by atoms with Gasteiger partial charge in [-0.3, -0.25) is 4.79 Å². The molecule has 0 saturated carbocycles. The van der Waals surface area contributed by atoms with Gasteiger partial charge >= 0.3 is 0 Å². The van der Waals surface area contributed by atoms with Gasteiger partial charge in [-0.15, -0.1) is 0 Å². The van der Waals surface area contributed by atoms with E-state index in [1.807, 2.05) is 24.3 Å². The highest BCUT2D eigenvalue weighted by Gasteiger charge is 2.18. The quantitative estimate of drug-likeness (QED) is 0.675. The van der Waals surface area contributed by atoms with Gasteiger partial charge in [0.2, 0.25) is 5.91 Å². The van der Waals surface area contributed by atoms with Gasteiger partial charge < -0.3 is 10.2 Å². The third-order valence-corrected chi connectivity index (χ3v) is 5.57. The number of rotatable bonds is 5. The Bertz CT molecular complexity index is 950. The summed E-state index contributed by atoms with van der Waals surface area (Å²) in [4.78, 5) is 23.5. The van der Waals surface area contributed by atoms with Crippen LogP contribution in [0.1, 0.15) is 24.8 Å². The smallest absolute Gasteiger partial charge is 0.242 e. The molecule has 0 spiro atoms. The number of piperidine rings is 1. The van der Waals surface area contributed by atoms with Crippen molar-refractivity contribution >= 4 is 38.7 Å². The Morgan fingerprint density at radius 3 is 2.78 bits per heavy atom. The van der Waals surface area contributed by atoms with Crippen LogP contribution < -0.4 is 10.2 Å². The molecule has 27 heavy (non-hydrogen) atoms.